The number of hydrogen-bond acceptors (Lipinski definition) is 2. The molecule has 0 aromatic heterocycles. The fourth-order valence-corrected chi connectivity index (χ4v) is 5.45. The molecule has 2 nitrogen and oxygen atoms in total. The second-order valence-corrected chi connectivity index (χ2v) is 9.44. The Hall–Kier alpha value is -3.56. The van der Waals surface area contributed by atoms with Crippen molar-refractivity contribution in [1.29, 1.82) is 0 Å². The van der Waals surface area contributed by atoms with Gasteiger partial charge >= 0.3 is 0 Å². The van der Waals surface area contributed by atoms with Crippen molar-refractivity contribution in [3.8, 4) is 0 Å². The van der Waals surface area contributed by atoms with E-state index in [-0.39, 0.29) is 6.04 Å². The first-order valence-corrected chi connectivity index (χ1v) is 12.6. The van der Waals surface area contributed by atoms with E-state index in [2.05, 4.69) is 133 Å². The maximum Gasteiger partial charge on any atom is 0.170 e. The topological polar surface area (TPSA) is 15.6 Å². The monoisotopic (exact) mass is 460 g/mol. The molecule has 3 heteroatoms. The summed E-state index contributed by atoms with van der Waals surface area (Å²) in [5.74, 6) is 0. The first kappa shape index (κ1) is 22.2. The summed E-state index contributed by atoms with van der Waals surface area (Å²) in [6, 6.07) is 40.7. The van der Waals surface area contributed by atoms with E-state index in [1.165, 1.54) is 27.2 Å². The fourth-order valence-electron chi connectivity index (χ4n) is 4.23. The maximum absolute atomic E-state index is 5.14. The summed E-state index contributed by atoms with van der Waals surface area (Å²) in [6.45, 7) is 2.98. The van der Waals surface area contributed by atoms with E-state index in [9.17, 15) is 0 Å². The van der Waals surface area contributed by atoms with Crippen molar-refractivity contribution in [3.63, 3.8) is 0 Å². The van der Waals surface area contributed by atoms with Gasteiger partial charge in [-0.15, -0.1) is 0 Å². The minimum absolute atomic E-state index is 0.111. The Balaban J connectivity index is 1.61. The minimum atomic E-state index is 0.111. The van der Waals surface area contributed by atoms with Crippen molar-refractivity contribution in [2.75, 3.05) is 0 Å². The number of rotatable bonds is 6. The third-order valence-electron chi connectivity index (χ3n) is 6.02. The first-order chi connectivity index (χ1) is 16.8. The van der Waals surface area contributed by atoms with Crippen LogP contribution in [-0.2, 0) is 13.0 Å². The molecule has 1 saturated heterocycles. The van der Waals surface area contributed by atoms with E-state index < -0.39 is 0 Å². The number of benzene rings is 4. The highest BCUT2D eigenvalue weighted by Crippen LogP contribution is 2.47. The van der Waals surface area contributed by atoms with Crippen LogP contribution < -0.4 is 0 Å². The molecule has 4 aromatic carbocycles. The Kier molecular flexibility index (Phi) is 6.92. The number of aliphatic imine (C=N–C) groups is 1. The lowest BCUT2D eigenvalue weighted by atomic mass is 10.0. The molecule has 0 N–H and O–H groups in total. The Labute approximate surface area is 206 Å². The number of thioether (sulfide) groups is 1. The zero-order valence-electron chi connectivity index (χ0n) is 19.3. The van der Waals surface area contributed by atoms with E-state index in [1.54, 1.807) is 11.8 Å². The van der Waals surface area contributed by atoms with Crippen molar-refractivity contribution in [2.24, 2.45) is 4.99 Å². The highest BCUT2D eigenvalue weighted by molar-refractivity contribution is 8.17. The van der Waals surface area contributed by atoms with Gasteiger partial charge < -0.3 is 4.90 Å². The van der Waals surface area contributed by atoms with Crippen LogP contribution in [0, 0.1) is 0 Å². The van der Waals surface area contributed by atoms with Gasteiger partial charge in [0, 0.05) is 11.4 Å². The van der Waals surface area contributed by atoms with Crippen LogP contribution in [0.3, 0.4) is 0 Å². The summed E-state index contributed by atoms with van der Waals surface area (Å²) in [5.41, 5.74) is 6.08. The Bertz CT molecular complexity index is 1260. The molecule has 0 aliphatic carbocycles. The zero-order chi connectivity index (χ0) is 23.2. The molecule has 0 radical (unpaired) electrons. The van der Waals surface area contributed by atoms with Gasteiger partial charge in [0.05, 0.1) is 11.7 Å². The smallest absolute Gasteiger partial charge is 0.170 e. The molecule has 34 heavy (non-hydrogen) atoms. The summed E-state index contributed by atoms with van der Waals surface area (Å²) in [4.78, 5) is 8.87. The molecule has 1 heterocycles. The number of nitrogens with zero attached hydrogens (tertiary/aromatic N) is 2. The van der Waals surface area contributed by atoms with Crippen LogP contribution >= 0.6 is 11.8 Å². The van der Waals surface area contributed by atoms with Crippen LogP contribution in [0.25, 0.3) is 6.08 Å². The van der Waals surface area contributed by atoms with E-state index >= 15 is 0 Å². The van der Waals surface area contributed by atoms with E-state index in [1.807, 2.05) is 0 Å². The molecule has 0 amide bonds. The fraction of sp³-hybridized carbons (Fsp3) is 0.129. The van der Waals surface area contributed by atoms with Crippen LogP contribution in [0.4, 0.5) is 5.69 Å². The Morgan fingerprint density at radius 1 is 0.735 bits per heavy atom. The molecule has 1 unspecified atom stereocenters. The van der Waals surface area contributed by atoms with Crippen molar-refractivity contribution in [1.82, 2.24) is 4.90 Å². The summed E-state index contributed by atoms with van der Waals surface area (Å²) in [5, 5.41) is 1.03. The lowest BCUT2D eigenvalue weighted by Crippen LogP contribution is -2.27. The number of aryl methyl sites for hydroxylation is 1. The van der Waals surface area contributed by atoms with Crippen molar-refractivity contribution >= 4 is 28.7 Å². The average molecular weight is 461 g/mol. The van der Waals surface area contributed by atoms with Crippen molar-refractivity contribution in [2.45, 2.75) is 25.9 Å². The molecular weight excluding hydrogens is 432 g/mol. The predicted octanol–water partition coefficient (Wildman–Crippen LogP) is 8.27. The van der Waals surface area contributed by atoms with Gasteiger partial charge in [0.1, 0.15) is 0 Å². The molecule has 4 aromatic rings. The molecule has 0 saturated carbocycles. The molecule has 5 rings (SSSR count). The summed E-state index contributed by atoms with van der Waals surface area (Å²) < 4.78 is 0. The van der Waals surface area contributed by atoms with Gasteiger partial charge in [-0.1, -0.05) is 122 Å². The summed E-state index contributed by atoms with van der Waals surface area (Å²) >= 11 is 1.78. The molecule has 0 bridgehead atoms. The molecule has 0 spiro atoms. The summed E-state index contributed by atoms with van der Waals surface area (Å²) in [6.07, 6.45) is 3.34. The van der Waals surface area contributed by atoms with Gasteiger partial charge in [-0.05, 0) is 46.9 Å². The van der Waals surface area contributed by atoms with Crippen LogP contribution in [0.5, 0.6) is 0 Å². The van der Waals surface area contributed by atoms with Gasteiger partial charge in [0.15, 0.2) is 5.17 Å². The van der Waals surface area contributed by atoms with Crippen LogP contribution in [-0.4, -0.2) is 10.1 Å². The lowest BCUT2D eigenvalue weighted by Gasteiger charge is -2.27. The van der Waals surface area contributed by atoms with Crippen LogP contribution in [0.15, 0.2) is 125 Å². The van der Waals surface area contributed by atoms with Crippen LogP contribution in [0.2, 0.25) is 0 Å². The van der Waals surface area contributed by atoms with Crippen molar-refractivity contribution < 1.29 is 0 Å². The second kappa shape index (κ2) is 10.6. The Morgan fingerprint density at radius 2 is 1.35 bits per heavy atom. The van der Waals surface area contributed by atoms with Gasteiger partial charge in [0.2, 0.25) is 0 Å². The largest absolute Gasteiger partial charge is 0.335 e. The number of hydrogen-bond donors (Lipinski definition) is 0. The Morgan fingerprint density at radius 3 is 2.00 bits per heavy atom. The van der Waals surface area contributed by atoms with Gasteiger partial charge in [0.25, 0.3) is 0 Å². The first-order valence-electron chi connectivity index (χ1n) is 11.8. The minimum Gasteiger partial charge on any atom is -0.335 e. The highest BCUT2D eigenvalue weighted by Gasteiger charge is 2.36. The third-order valence-corrected chi connectivity index (χ3v) is 7.11. The number of amidine groups is 1. The maximum atomic E-state index is 5.14. The van der Waals surface area contributed by atoms with Gasteiger partial charge in [-0.25, -0.2) is 4.99 Å². The quantitative estimate of drug-likeness (QED) is 0.288. The predicted molar refractivity (Wildman–Crippen MR) is 146 cm³/mol. The lowest BCUT2D eigenvalue weighted by molar-refractivity contribution is 0.370. The molecule has 1 fully saturated rings. The van der Waals surface area contributed by atoms with Gasteiger partial charge in [-0.2, -0.15) is 0 Å². The SMILES string of the molecule is CCc1ccc(N=C2S/C(=C\c3ccccc3)C(c3ccccc3)N2Cc2ccccc2)cc1. The molecule has 168 valence electrons. The molecular formula is C31H28N2S. The van der Waals surface area contributed by atoms with E-state index in [4.69, 9.17) is 4.99 Å². The zero-order valence-corrected chi connectivity index (χ0v) is 20.2. The van der Waals surface area contributed by atoms with E-state index in [0.717, 1.165) is 23.8 Å². The summed E-state index contributed by atoms with van der Waals surface area (Å²) in [7, 11) is 0. The molecule has 1 aliphatic rings. The van der Waals surface area contributed by atoms with Crippen molar-refractivity contribution in [3.05, 3.63) is 142 Å². The molecule has 1 aliphatic heterocycles. The second-order valence-electron chi connectivity index (χ2n) is 8.40. The highest BCUT2D eigenvalue weighted by atomic mass is 32.2. The standard InChI is InChI=1S/C31H28N2S/c1-2-24-18-20-28(21-19-24)32-31-33(23-26-14-8-4-9-15-26)30(27-16-10-5-11-17-27)29(34-31)22-25-12-6-3-7-13-25/h3-22,30H,2,23H2,1H3/b29-22-,32-31?. The van der Waals surface area contributed by atoms with Crippen LogP contribution in [0.1, 0.15) is 35.2 Å². The average Bonchev–Trinajstić information content (AvgIpc) is 3.22. The normalized spacial score (nSPS) is 18.0. The molecule has 1 atom stereocenters. The van der Waals surface area contributed by atoms with Gasteiger partial charge in [-0.3, -0.25) is 0 Å². The van der Waals surface area contributed by atoms with E-state index in [0.29, 0.717) is 0 Å². The third kappa shape index (κ3) is 5.16.